The number of hydrogen-bond acceptors (Lipinski definition) is 4. The first-order valence-electron chi connectivity index (χ1n) is 8.34. The molecule has 1 aliphatic rings. The maximum absolute atomic E-state index is 12.2. The van der Waals surface area contributed by atoms with Crippen LogP contribution in [-0.2, 0) is 0 Å². The van der Waals surface area contributed by atoms with E-state index in [4.69, 9.17) is 4.74 Å². The van der Waals surface area contributed by atoms with E-state index in [0.29, 0.717) is 28.4 Å². The van der Waals surface area contributed by atoms with Crippen LogP contribution in [0, 0.1) is 0 Å². The molecule has 2 N–H and O–H groups in total. The van der Waals surface area contributed by atoms with Crippen LogP contribution in [0.15, 0.2) is 72.8 Å². The highest BCUT2D eigenvalue weighted by Gasteiger charge is 2.22. The Balaban J connectivity index is 1.59. The lowest BCUT2D eigenvalue weighted by Gasteiger charge is -2.23. The molecule has 0 bridgehead atoms. The van der Waals surface area contributed by atoms with E-state index in [-0.39, 0.29) is 11.3 Å². The number of carboxylic acids is 1. The van der Waals surface area contributed by atoms with Crippen LogP contribution in [0.4, 0.5) is 11.4 Å². The van der Waals surface area contributed by atoms with Crippen molar-refractivity contribution < 1.29 is 19.4 Å². The van der Waals surface area contributed by atoms with Crippen molar-refractivity contribution in [2.45, 2.75) is 0 Å². The lowest BCUT2D eigenvalue weighted by atomic mass is 10.1. The molecule has 0 aromatic heterocycles. The zero-order valence-corrected chi connectivity index (χ0v) is 14.2. The molecule has 0 spiro atoms. The van der Waals surface area contributed by atoms with Gasteiger partial charge in [0.25, 0.3) is 0 Å². The van der Waals surface area contributed by atoms with Crippen LogP contribution < -0.4 is 10.1 Å². The first kappa shape index (κ1) is 16.6. The number of anilines is 2. The van der Waals surface area contributed by atoms with Crippen LogP contribution in [-0.4, -0.2) is 16.9 Å². The smallest absolute Gasteiger partial charge is 0.337 e. The Morgan fingerprint density at radius 2 is 1.74 bits per heavy atom. The van der Waals surface area contributed by atoms with Gasteiger partial charge >= 0.3 is 5.97 Å². The minimum absolute atomic E-state index is 0.0798. The molecule has 3 aromatic carbocycles. The van der Waals surface area contributed by atoms with Crippen LogP contribution in [0.2, 0.25) is 0 Å². The van der Waals surface area contributed by atoms with E-state index in [2.05, 4.69) is 5.32 Å². The molecule has 1 aliphatic heterocycles. The third-order valence-corrected chi connectivity index (χ3v) is 4.23. The van der Waals surface area contributed by atoms with Gasteiger partial charge < -0.3 is 15.2 Å². The van der Waals surface area contributed by atoms with Gasteiger partial charge in [0.1, 0.15) is 0 Å². The van der Waals surface area contributed by atoms with Gasteiger partial charge in [0.2, 0.25) is 0 Å². The second-order valence-corrected chi connectivity index (χ2v) is 6.03. The fourth-order valence-corrected chi connectivity index (χ4v) is 2.88. The summed E-state index contributed by atoms with van der Waals surface area (Å²) < 4.78 is 5.86. The Kier molecular flexibility index (Phi) is 4.18. The number of para-hydroxylation sites is 1. The molecule has 4 rings (SSSR count). The van der Waals surface area contributed by atoms with Crippen molar-refractivity contribution in [3.05, 3.63) is 89.5 Å². The number of aromatic carboxylic acids is 1. The summed E-state index contributed by atoms with van der Waals surface area (Å²) in [6.07, 6.45) is 3.24. The van der Waals surface area contributed by atoms with Gasteiger partial charge in [-0.2, -0.15) is 0 Å². The maximum Gasteiger partial charge on any atom is 0.337 e. The normalized spacial score (nSPS) is 11.9. The fourth-order valence-electron chi connectivity index (χ4n) is 2.88. The van der Waals surface area contributed by atoms with E-state index in [0.717, 1.165) is 5.56 Å². The Morgan fingerprint density at radius 1 is 0.926 bits per heavy atom. The summed E-state index contributed by atoms with van der Waals surface area (Å²) >= 11 is 0. The number of rotatable bonds is 4. The highest BCUT2D eigenvalue weighted by molar-refractivity contribution is 6.06. The van der Waals surface area contributed by atoms with Gasteiger partial charge in [0.05, 0.1) is 16.9 Å². The van der Waals surface area contributed by atoms with Crippen LogP contribution in [0.25, 0.3) is 6.08 Å². The zero-order valence-electron chi connectivity index (χ0n) is 14.2. The van der Waals surface area contributed by atoms with E-state index in [1.807, 2.05) is 24.3 Å². The van der Waals surface area contributed by atoms with Crippen molar-refractivity contribution in [1.29, 1.82) is 0 Å². The van der Waals surface area contributed by atoms with E-state index in [1.165, 1.54) is 12.1 Å². The van der Waals surface area contributed by atoms with Gasteiger partial charge in [-0.05, 0) is 35.9 Å². The Morgan fingerprint density at radius 3 is 2.52 bits per heavy atom. The highest BCUT2D eigenvalue weighted by Crippen LogP contribution is 2.43. The predicted octanol–water partition coefficient (Wildman–Crippen LogP) is 5.13. The third-order valence-electron chi connectivity index (χ3n) is 4.23. The lowest BCUT2D eigenvalue weighted by Crippen LogP contribution is -2.08. The van der Waals surface area contributed by atoms with Crippen LogP contribution in [0.1, 0.15) is 26.3 Å². The summed E-state index contributed by atoms with van der Waals surface area (Å²) in [4.78, 5) is 23.6. The maximum atomic E-state index is 12.2. The Labute approximate surface area is 155 Å². The molecule has 5 heteroatoms. The zero-order chi connectivity index (χ0) is 18.8. The molecule has 0 atom stereocenters. The molecular formula is C22H15NO4. The minimum atomic E-state index is -1.02. The Hall–Kier alpha value is -3.86. The number of ketones is 1. The van der Waals surface area contributed by atoms with Crippen LogP contribution in [0.3, 0.4) is 0 Å². The van der Waals surface area contributed by atoms with Crippen molar-refractivity contribution in [2.75, 3.05) is 5.32 Å². The highest BCUT2D eigenvalue weighted by atomic mass is 16.5. The van der Waals surface area contributed by atoms with E-state index < -0.39 is 5.97 Å². The molecule has 0 unspecified atom stereocenters. The summed E-state index contributed by atoms with van der Waals surface area (Å²) in [5.74, 6) is -0.0857. The lowest BCUT2D eigenvalue weighted by molar-refractivity contribution is 0.0697. The number of benzene rings is 3. The molecule has 1 heterocycles. The van der Waals surface area contributed by atoms with Gasteiger partial charge in [-0.3, -0.25) is 4.79 Å². The molecule has 0 aliphatic carbocycles. The largest absolute Gasteiger partial charge is 0.478 e. The van der Waals surface area contributed by atoms with Crippen LogP contribution >= 0.6 is 0 Å². The molecule has 132 valence electrons. The molecular weight excluding hydrogens is 342 g/mol. The number of carboxylic acid groups (broad SMARTS) is 1. The summed E-state index contributed by atoms with van der Waals surface area (Å²) in [5.41, 5.74) is 2.68. The van der Waals surface area contributed by atoms with Gasteiger partial charge in [0.15, 0.2) is 17.3 Å². The molecule has 0 fully saturated rings. The second kappa shape index (κ2) is 6.80. The third kappa shape index (κ3) is 3.30. The SMILES string of the molecule is O=C(/C=C/c1ccc2c(c1)Oc1cccc(C(=O)O)c1N2)c1ccccc1. The molecule has 3 aromatic rings. The molecule has 0 radical (unpaired) electrons. The average molecular weight is 357 g/mol. The average Bonchev–Trinajstić information content (AvgIpc) is 2.70. The number of fused-ring (bicyclic) bond motifs is 2. The van der Waals surface area contributed by atoms with Crippen molar-refractivity contribution in [2.24, 2.45) is 0 Å². The minimum Gasteiger partial charge on any atom is -0.478 e. The second-order valence-electron chi connectivity index (χ2n) is 6.03. The van der Waals surface area contributed by atoms with Gasteiger partial charge in [-0.1, -0.05) is 48.5 Å². The van der Waals surface area contributed by atoms with Gasteiger partial charge in [-0.25, -0.2) is 4.79 Å². The quantitative estimate of drug-likeness (QED) is 0.391. The predicted molar refractivity (Wildman–Crippen MR) is 103 cm³/mol. The summed E-state index contributed by atoms with van der Waals surface area (Å²) in [5, 5.41) is 12.4. The Bertz CT molecular complexity index is 1070. The number of hydrogen-bond donors (Lipinski definition) is 2. The van der Waals surface area contributed by atoms with Crippen molar-refractivity contribution in [1.82, 2.24) is 0 Å². The summed E-state index contributed by atoms with van der Waals surface area (Å²) in [6.45, 7) is 0. The standard InChI is InChI=1S/C22H15NO4/c24-18(15-5-2-1-3-6-15)12-10-14-9-11-17-20(13-14)27-19-8-4-7-16(22(25)26)21(19)23-17/h1-13,23H,(H,25,26)/b12-10+. The summed E-state index contributed by atoms with van der Waals surface area (Å²) in [7, 11) is 0. The molecule has 0 saturated carbocycles. The number of allylic oxidation sites excluding steroid dienone is 1. The molecule has 5 nitrogen and oxygen atoms in total. The first-order valence-corrected chi connectivity index (χ1v) is 8.34. The van der Waals surface area contributed by atoms with Gasteiger partial charge in [0, 0.05) is 5.56 Å². The van der Waals surface area contributed by atoms with Crippen molar-refractivity contribution >= 4 is 29.2 Å². The molecule has 27 heavy (non-hydrogen) atoms. The van der Waals surface area contributed by atoms with E-state index in [1.54, 1.807) is 42.5 Å². The van der Waals surface area contributed by atoms with Crippen molar-refractivity contribution in [3.63, 3.8) is 0 Å². The van der Waals surface area contributed by atoms with Crippen LogP contribution in [0.5, 0.6) is 11.5 Å². The number of nitrogens with one attached hydrogen (secondary N) is 1. The first-order chi connectivity index (χ1) is 13.1. The van der Waals surface area contributed by atoms with E-state index >= 15 is 0 Å². The number of carbonyl (C=O) groups excluding carboxylic acids is 1. The van der Waals surface area contributed by atoms with E-state index in [9.17, 15) is 14.7 Å². The monoisotopic (exact) mass is 357 g/mol. The summed E-state index contributed by atoms with van der Waals surface area (Å²) in [6, 6.07) is 19.3. The number of ether oxygens (including phenoxy) is 1. The fraction of sp³-hybridized carbons (Fsp3) is 0. The molecule has 0 amide bonds. The van der Waals surface area contributed by atoms with Crippen molar-refractivity contribution in [3.8, 4) is 11.5 Å². The van der Waals surface area contributed by atoms with Gasteiger partial charge in [-0.15, -0.1) is 0 Å². The topological polar surface area (TPSA) is 75.6 Å². The molecule has 0 saturated heterocycles. The number of carbonyl (C=O) groups is 2.